The zero-order valence-corrected chi connectivity index (χ0v) is 21.8. The molecule has 0 spiro atoms. The summed E-state index contributed by atoms with van der Waals surface area (Å²) in [5, 5.41) is 9.89. The lowest BCUT2D eigenvalue weighted by molar-refractivity contribution is -0.130. The highest BCUT2D eigenvalue weighted by Crippen LogP contribution is 2.30. The predicted molar refractivity (Wildman–Crippen MR) is 141 cm³/mol. The lowest BCUT2D eigenvalue weighted by Crippen LogP contribution is -2.50. The summed E-state index contributed by atoms with van der Waals surface area (Å²) in [5.41, 5.74) is 4.09. The van der Waals surface area contributed by atoms with E-state index in [-0.39, 0.29) is 42.7 Å². The van der Waals surface area contributed by atoms with Gasteiger partial charge in [0.15, 0.2) is 0 Å². The van der Waals surface area contributed by atoms with Gasteiger partial charge in [-0.1, -0.05) is 42.8 Å². The number of amides is 2. The largest absolute Gasteiger partial charge is 0.472 e. The minimum Gasteiger partial charge on any atom is -0.472 e. The number of fused-ring (bicyclic) bond motifs is 1. The summed E-state index contributed by atoms with van der Waals surface area (Å²) in [7, 11) is 1.75. The molecule has 0 unspecified atom stereocenters. The topological polar surface area (TPSA) is 95.9 Å². The monoisotopic (exact) mass is 502 g/mol. The van der Waals surface area contributed by atoms with Crippen LogP contribution in [-0.2, 0) is 11.2 Å². The van der Waals surface area contributed by atoms with Gasteiger partial charge in [0.05, 0.1) is 25.6 Å². The molecule has 1 aliphatic rings. The number of hydrogen-bond acceptors (Lipinski definition) is 6. The zero-order valence-electron chi connectivity index (χ0n) is 21.8. The molecule has 8 heteroatoms. The van der Waals surface area contributed by atoms with Gasteiger partial charge < -0.3 is 19.6 Å². The number of aryl methyl sites for hydroxylation is 1. The van der Waals surface area contributed by atoms with Gasteiger partial charge >= 0.3 is 0 Å². The fraction of sp³-hybridized carbons (Fsp3) is 0.379. The molecule has 1 aliphatic heterocycles. The van der Waals surface area contributed by atoms with E-state index < -0.39 is 6.10 Å². The van der Waals surface area contributed by atoms with Gasteiger partial charge in [0.2, 0.25) is 11.8 Å². The Hall–Kier alpha value is -3.78. The first kappa shape index (κ1) is 26.3. The summed E-state index contributed by atoms with van der Waals surface area (Å²) in [4.78, 5) is 38.5. The molecule has 0 aliphatic carbocycles. The molecule has 2 amide bonds. The standard InChI is InChI=1S/C29H34N4O4/c1-19-7-9-23(10-8-19)24-13-25-28(31-15-24)37-26(20(2)16-33(29(25)36)21(3)18-34)17-32(4)27(35)12-22-6-5-11-30-14-22/h5-11,13-15,20-21,26,34H,12,16-18H2,1-4H3/t20-,21+,26+/m1/s1. The van der Waals surface area contributed by atoms with Crippen molar-refractivity contribution in [2.24, 2.45) is 5.92 Å². The number of hydrogen-bond donors (Lipinski definition) is 1. The number of rotatable bonds is 7. The van der Waals surface area contributed by atoms with Gasteiger partial charge in [-0.05, 0) is 37.1 Å². The third-order valence-electron chi connectivity index (χ3n) is 6.86. The van der Waals surface area contributed by atoms with Crippen LogP contribution in [0.5, 0.6) is 5.88 Å². The summed E-state index contributed by atoms with van der Waals surface area (Å²) in [6.07, 6.45) is 4.91. The molecule has 194 valence electrons. The smallest absolute Gasteiger partial charge is 0.259 e. The van der Waals surface area contributed by atoms with E-state index in [0.717, 1.165) is 22.3 Å². The number of nitrogens with zero attached hydrogens (tertiary/aromatic N) is 4. The molecule has 0 saturated carbocycles. The van der Waals surface area contributed by atoms with Crippen LogP contribution in [0.25, 0.3) is 11.1 Å². The molecular weight excluding hydrogens is 468 g/mol. The molecule has 1 aromatic carbocycles. The molecule has 3 aromatic rings. The van der Waals surface area contributed by atoms with E-state index in [1.54, 1.807) is 41.5 Å². The number of pyridine rings is 2. The first-order valence-electron chi connectivity index (χ1n) is 12.5. The van der Waals surface area contributed by atoms with Crippen LogP contribution in [0.2, 0.25) is 0 Å². The van der Waals surface area contributed by atoms with E-state index in [1.807, 2.05) is 57.2 Å². The van der Waals surface area contributed by atoms with Crippen LogP contribution in [0.15, 0.2) is 61.1 Å². The first-order chi connectivity index (χ1) is 17.8. The molecule has 8 nitrogen and oxygen atoms in total. The zero-order chi connectivity index (χ0) is 26.5. The molecule has 3 heterocycles. The number of carbonyl (C=O) groups excluding carboxylic acids is 2. The molecule has 2 aromatic heterocycles. The maximum Gasteiger partial charge on any atom is 0.259 e. The third kappa shape index (κ3) is 6.14. The number of aromatic nitrogens is 2. The second-order valence-electron chi connectivity index (χ2n) is 9.88. The Morgan fingerprint density at radius 2 is 1.97 bits per heavy atom. The maximum atomic E-state index is 13.6. The van der Waals surface area contributed by atoms with E-state index in [9.17, 15) is 14.7 Å². The van der Waals surface area contributed by atoms with Crippen molar-refractivity contribution in [2.45, 2.75) is 39.3 Å². The van der Waals surface area contributed by atoms with Gasteiger partial charge in [-0.3, -0.25) is 14.6 Å². The number of benzene rings is 1. The third-order valence-corrected chi connectivity index (χ3v) is 6.86. The van der Waals surface area contributed by atoms with E-state index >= 15 is 0 Å². The lowest BCUT2D eigenvalue weighted by atomic mass is 9.99. The molecule has 0 saturated heterocycles. The number of aliphatic hydroxyl groups is 1. The van der Waals surface area contributed by atoms with E-state index in [1.165, 1.54) is 0 Å². The van der Waals surface area contributed by atoms with Gasteiger partial charge in [0, 0.05) is 43.7 Å². The highest BCUT2D eigenvalue weighted by atomic mass is 16.5. The van der Waals surface area contributed by atoms with Crippen molar-refractivity contribution < 1.29 is 19.4 Å². The molecular formula is C29H34N4O4. The second-order valence-corrected chi connectivity index (χ2v) is 9.88. The highest BCUT2D eigenvalue weighted by molar-refractivity contribution is 5.98. The summed E-state index contributed by atoms with van der Waals surface area (Å²) < 4.78 is 6.33. The molecule has 1 N–H and O–H groups in total. The van der Waals surface area contributed by atoms with Crippen molar-refractivity contribution in [3.05, 3.63) is 77.7 Å². The summed E-state index contributed by atoms with van der Waals surface area (Å²) in [6.45, 7) is 6.38. The molecule has 3 atom stereocenters. The number of carbonyl (C=O) groups is 2. The SMILES string of the molecule is Cc1ccc(-c2cnc3c(c2)C(=O)N([C@@H](C)CO)C[C@@H](C)[C@H](CN(C)C(=O)Cc2cccnc2)O3)cc1. The van der Waals surface area contributed by atoms with Crippen molar-refractivity contribution in [1.29, 1.82) is 0 Å². The summed E-state index contributed by atoms with van der Waals surface area (Å²) in [5.74, 6) is -0.159. The van der Waals surface area contributed by atoms with Crippen molar-refractivity contribution in [3.63, 3.8) is 0 Å². The van der Waals surface area contributed by atoms with Crippen molar-refractivity contribution in [1.82, 2.24) is 19.8 Å². The van der Waals surface area contributed by atoms with E-state index in [2.05, 4.69) is 9.97 Å². The highest BCUT2D eigenvalue weighted by Gasteiger charge is 2.34. The van der Waals surface area contributed by atoms with Gasteiger partial charge in [0.25, 0.3) is 5.91 Å². The fourth-order valence-electron chi connectivity index (χ4n) is 4.41. The van der Waals surface area contributed by atoms with Crippen LogP contribution in [0.3, 0.4) is 0 Å². The molecule has 0 bridgehead atoms. The second kappa shape index (κ2) is 11.5. The van der Waals surface area contributed by atoms with Crippen LogP contribution < -0.4 is 4.74 Å². The van der Waals surface area contributed by atoms with Crippen LogP contribution in [0.4, 0.5) is 0 Å². The minimum absolute atomic E-state index is 0.0505. The molecule has 4 rings (SSSR count). The summed E-state index contributed by atoms with van der Waals surface area (Å²) in [6, 6.07) is 13.1. The normalized spacial score (nSPS) is 18.3. The Balaban J connectivity index is 1.63. The molecule has 37 heavy (non-hydrogen) atoms. The van der Waals surface area contributed by atoms with Gasteiger partial charge in [0.1, 0.15) is 11.7 Å². The Labute approximate surface area is 217 Å². The fourth-order valence-corrected chi connectivity index (χ4v) is 4.41. The average molecular weight is 503 g/mol. The van der Waals surface area contributed by atoms with Crippen LogP contribution in [0.1, 0.15) is 35.3 Å². The first-order valence-corrected chi connectivity index (χ1v) is 12.5. The van der Waals surface area contributed by atoms with Gasteiger partial charge in [-0.25, -0.2) is 4.98 Å². The van der Waals surface area contributed by atoms with Gasteiger partial charge in [-0.15, -0.1) is 0 Å². The Morgan fingerprint density at radius 3 is 2.65 bits per heavy atom. The number of ether oxygens (including phenoxy) is 1. The van der Waals surface area contributed by atoms with Crippen LogP contribution in [-0.4, -0.2) is 75.6 Å². The van der Waals surface area contributed by atoms with Crippen LogP contribution >= 0.6 is 0 Å². The Kier molecular flexibility index (Phi) is 8.18. The van der Waals surface area contributed by atoms with E-state index in [4.69, 9.17) is 4.74 Å². The molecule has 0 radical (unpaired) electrons. The Morgan fingerprint density at radius 1 is 1.22 bits per heavy atom. The van der Waals surface area contributed by atoms with Crippen LogP contribution in [0, 0.1) is 12.8 Å². The van der Waals surface area contributed by atoms with E-state index in [0.29, 0.717) is 18.7 Å². The Bertz CT molecular complexity index is 1230. The molecule has 0 fully saturated rings. The van der Waals surface area contributed by atoms with Gasteiger partial charge in [-0.2, -0.15) is 0 Å². The van der Waals surface area contributed by atoms with Crippen molar-refractivity contribution in [3.8, 4) is 17.0 Å². The predicted octanol–water partition coefficient (Wildman–Crippen LogP) is 3.37. The average Bonchev–Trinajstić information content (AvgIpc) is 2.91. The summed E-state index contributed by atoms with van der Waals surface area (Å²) >= 11 is 0. The lowest BCUT2D eigenvalue weighted by Gasteiger charge is -2.37. The quantitative estimate of drug-likeness (QED) is 0.532. The van der Waals surface area contributed by atoms with Crippen molar-refractivity contribution >= 4 is 11.8 Å². The maximum absolute atomic E-state index is 13.6. The minimum atomic E-state index is -0.402. The van der Waals surface area contributed by atoms with Crippen molar-refractivity contribution in [2.75, 3.05) is 26.7 Å². The number of likely N-dealkylation sites (N-methyl/N-ethyl adjacent to an activating group) is 1. The number of aliphatic hydroxyl groups excluding tert-OH is 1.